The van der Waals surface area contributed by atoms with Crippen molar-refractivity contribution < 1.29 is 9.84 Å². The Hall–Kier alpha value is -1.49. The van der Waals surface area contributed by atoms with Crippen LogP contribution in [-0.2, 0) is 0 Å². The van der Waals surface area contributed by atoms with E-state index in [1.165, 1.54) is 0 Å². The molecule has 1 aromatic rings. The molecule has 0 aliphatic heterocycles. The van der Waals surface area contributed by atoms with Crippen LogP contribution in [0.4, 0.5) is 11.5 Å². The van der Waals surface area contributed by atoms with Gasteiger partial charge in [0.15, 0.2) is 0 Å². The molecule has 0 bridgehead atoms. The number of pyridine rings is 1. The first kappa shape index (κ1) is 15.6. The zero-order valence-electron chi connectivity index (χ0n) is 12.3. The second-order valence-corrected chi connectivity index (χ2v) is 5.24. The minimum absolute atomic E-state index is 0.466. The van der Waals surface area contributed by atoms with Crippen LogP contribution in [0.15, 0.2) is 12.1 Å². The van der Waals surface area contributed by atoms with Crippen LogP contribution in [0, 0.1) is 0 Å². The van der Waals surface area contributed by atoms with Crippen molar-refractivity contribution in [2.24, 2.45) is 0 Å². The van der Waals surface area contributed by atoms with Crippen LogP contribution in [0.1, 0.15) is 34.1 Å². The molecule has 5 nitrogen and oxygen atoms in total. The van der Waals surface area contributed by atoms with Gasteiger partial charge < -0.3 is 20.5 Å². The number of ether oxygens (including phenoxy) is 1. The Morgan fingerprint density at radius 3 is 2.58 bits per heavy atom. The molecule has 1 heterocycles. The highest BCUT2D eigenvalue weighted by Gasteiger charge is 2.19. The zero-order chi connectivity index (χ0) is 14.5. The average molecular weight is 267 g/mol. The molecule has 1 rings (SSSR count). The normalized spacial score (nSPS) is 11.4. The molecule has 108 valence electrons. The Morgan fingerprint density at radius 1 is 1.37 bits per heavy atom. The predicted molar refractivity (Wildman–Crippen MR) is 78.6 cm³/mol. The van der Waals surface area contributed by atoms with Crippen LogP contribution >= 0.6 is 0 Å². The Morgan fingerprint density at radius 2 is 2.05 bits per heavy atom. The number of nitrogen functional groups attached to an aromatic ring is 1. The number of anilines is 2. The molecular weight excluding hydrogens is 242 g/mol. The molecule has 0 amide bonds. The first-order chi connectivity index (χ1) is 8.87. The number of hydrogen-bond acceptors (Lipinski definition) is 5. The van der Waals surface area contributed by atoms with Gasteiger partial charge in [0, 0.05) is 13.1 Å². The molecule has 0 fully saturated rings. The van der Waals surface area contributed by atoms with Gasteiger partial charge in [-0.2, -0.15) is 4.98 Å². The third-order valence-electron chi connectivity index (χ3n) is 2.60. The van der Waals surface area contributed by atoms with Gasteiger partial charge in [0.05, 0.1) is 17.9 Å². The van der Waals surface area contributed by atoms with Crippen LogP contribution in [0.3, 0.4) is 0 Å². The third-order valence-corrected chi connectivity index (χ3v) is 2.60. The lowest BCUT2D eigenvalue weighted by Gasteiger charge is -2.29. The van der Waals surface area contributed by atoms with Gasteiger partial charge in [-0.25, -0.2) is 0 Å². The van der Waals surface area contributed by atoms with Crippen LogP contribution in [0.5, 0.6) is 5.88 Å². The first-order valence-corrected chi connectivity index (χ1v) is 6.74. The predicted octanol–water partition coefficient (Wildman–Crippen LogP) is 2.05. The molecule has 0 saturated carbocycles. The second kappa shape index (κ2) is 6.61. The van der Waals surface area contributed by atoms with Gasteiger partial charge in [-0.05, 0) is 39.3 Å². The fraction of sp³-hybridized carbons (Fsp3) is 0.643. The molecule has 0 unspecified atom stereocenters. The van der Waals surface area contributed by atoms with Crippen molar-refractivity contribution in [3.8, 4) is 5.88 Å². The highest BCUT2D eigenvalue weighted by molar-refractivity contribution is 5.54. The topological polar surface area (TPSA) is 71.6 Å². The summed E-state index contributed by atoms with van der Waals surface area (Å²) in [5.41, 5.74) is 5.61. The van der Waals surface area contributed by atoms with Crippen molar-refractivity contribution in [2.45, 2.75) is 39.7 Å². The quantitative estimate of drug-likeness (QED) is 0.791. The van der Waals surface area contributed by atoms with Gasteiger partial charge >= 0.3 is 0 Å². The number of rotatable bonds is 7. The standard InChI is InChI=1S/C14H25N3O2/c1-5-9-19-13-11(15)7-8-12(16-13)17(6-2)10-14(3,4)18/h7-8,18H,5-6,9-10,15H2,1-4H3. The first-order valence-electron chi connectivity index (χ1n) is 6.74. The summed E-state index contributed by atoms with van der Waals surface area (Å²) >= 11 is 0. The molecule has 5 heteroatoms. The van der Waals surface area contributed by atoms with E-state index in [0.29, 0.717) is 24.7 Å². The summed E-state index contributed by atoms with van der Waals surface area (Å²) < 4.78 is 5.53. The van der Waals surface area contributed by atoms with E-state index in [-0.39, 0.29) is 0 Å². The van der Waals surface area contributed by atoms with E-state index < -0.39 is 5.60 Å². The van der Waals surface area contributed by atoms with Crippen molar-refractivity contribution in [1.29, 1.82) is 0 Å². The van der Waals surface area contributed by atoms with E-state index in [2.05, 4.69) is 4.98 Å². The van der Waals surface area contributed by atoms with E-state index in [4.69, 9.17) is 10.5 Å². The van der Waals surface area contributed by atoms with Crippen molar-refractivity contribution in [1.82, 2.24) is 4.98 Å². The number of nitrogens with two attached hydrogens (primary N) is 1. The Balaban J connectivity index is 2.92. The van der Waals surface area contributed by atoms with Crippen LogP contribution in [0.2, 0.25) is 0 Å². The maximum absolute atomic E-state index is 9.92. The van der Waals surface area contributed by atoms with Crippen LogP contribution < -0.4 is 15.4 Å². The van der Waals surface area contributed by atoms with Crippen molar-refractivity contribution in [3.63, 3.8) is 0 Å². The van der Waals surface area contributed by atoms with E-state index in [1.807, 2.05) is 24.8 Å². The van der Waals surface area contributed by atoms with E-state index in [1.54, 1.807) is 19.9 Å². The third kappa shape index (κ3) is 4.95. The molecule has 0 saturated heterocycles. The summed E-state index contributed by atoms with van der Waals surface area (Å²) in [6, 6.07) is 3.64. The van der Waals surface area contributed by atoms with Crippen molar-refractivity contribution >= 4 is 11.5 Å². The molecule has 1 aromatic heterocycles. The van der Waals surface area contributed by atoms with Gasteiger partial charge in [0.25, 0.3) is 0 Å². The molecule has 0 aliphatic carbocycles. The Kier molecular flexibility index (Phi) is 5.42. The lowest BCUT2D eigenvalue weighted by atomic mass is 10.1. The Labute approximate surface area is 115 Å². The average Bonchev–Trinajstić information content (AvgIpc) is 2.34. The van der Waals surface area contributed by atoms with Crippen molar-refractivity contribution in [2.75, 3.05) is 30.3 Å². The van der Waals surface area contributed by atoms with E-state index >= 15 is 0 Å². The number of aromatic nitrogens is 1. The van der Waals surface area contributed by atoms with E-state index in [9.17, 15) is 5.11 Å². The lowest BCUT2D eigenvalue weighted by Crippen LogP contribution is -2.39. The molecule has 0 aromatic carbocycles. The smallest absolute Gasteiger partial charge is 0.239 e. The summed E-state index contributed by atoms with van der Waals surface area (Å²) in [6.45, 7) is 9.48. The second-order valence-electron chi connectivity index (χ2n) is 5.24. The summed E-state index contributed by atoms with van der Waals surface area (Å²) in [7, 11) is 0. The molecule has 0 radical (unpaired) electrons. The number of hydrogen-bond donors (Lipinski definition) is 2. The molecule has 3 N–H and O–H groups in total. The zero-order valence-corrected chi connectivity index (χ0v) is 12.3. The maximum Gasteiger partial charge on any atom is 0.239 e. The fourth-order valence-electron chi connectivity index (χ4n) is 1.75. The lowest BCUT2D eigenvalue weighted by molar-refractivity contribution is 0.0874. The molecule has 0 aliphatic rings. The molecular formula is C14H25N3O2. The highest BCUT2D eigenvalue weighted by Crippen LogP contribution is 2.24. The number of nitrogens with zero attached hydrogens (tertiary/aromatic N) is 2. The number of aliphatic hydroxyl groups is 1. The fourth-order valence-corrected chi connectivity index (χ4v) is 1.75. The largest absolute Gasteiger partial charge is 0.476 e. The summed E-state index contributed by atoms with van der Waals surface area (Å²) in [5, 5.41) is 9.92. The van der Waals surface area contributed by atoms with Crippen LogP contribution in [-0.4, -0.2) is 35.4 Å². The summed E-state index contributed by atoms with van der Waals surface area (Å²) in [6.07, 6.45) is 0.909. The number of likely N-dealkylation sites (N-methyl/N-ethyl adjacent to an activating group) is 1. The minimum atomic E-state index is -0.774. The van der Waals surface area contributed by atoms with Gasteiger partial charge in [0.2, 0.25) is 5.88 Å². The minimum Gasteiger partial charge on any atom is -0.476 e. The van der Waals surface area contributed by atoms with Crippen LogP contribution in [0.25, 0.3) is 0 Å². The molecule has 0 atom stereocenters. The van der Waals surface area contributed by atoms with Gasteiger partial charge in [-0.1, -0.05) is 6.92 Å². The van der Waals surface area contributed by atoms with Gasteiger partial charge in [0.1, 0.15) is 5.82 Å². The van der Waals surface area contributed by atoms with Gasteiger partial charge in [-0.15, -0.1) is 0 Å². The Bertz CT molecular complexity index is 402. The molecule has 19 heavy (non-hydrogen) atoms. The van der Waals surface area contributed by atoms with Crippen molar-refractivity contribution in [3.05, 3.63) is 12.1 Å². The summed E-state index contributed by atoms with van der Waals surface area (Å²) in [5.74, 6) is 1.23. The molecule has 0 spiro atoms. The highest BCUT2D eigenvalue weighted by atomic mass is 16.5. The van der Waals surface area contributed by atoms with E-state index in [0.717, 1.165) is 18.8 Å². The SMILES string of the molecule is CCCOc1nc(N(CC)CC(C)(C)O)ccc1N. The van der Waals surface area contributed by atoms with Gasteiger partial charge in [-0.3, -0.25) is 0 Å². The maximum atomic E-state index is 9.92. The monoisotopic (exact) mass is 267 g/mol. The summed E-state index contributed by atoms with van der Waals surface area (Å²) in [4.78, 5) is 6.43.